The molecule has 0 aliphatic carbocycles. The Labute approximate surface area is 117 Å². The van der Waals surface area contributed by atoms with E-state index in [9.17, 15) is 19.6 Å². The van der Waals surface area contributed by atoms with Crippen LogP contribution in [0.25, 0.3) is 0 Å². The normalized spacial score (nSPS) is 26.4. The first-order valence-corrected chi connectivity index (χ1v) is 6.48. The fourth-order valence-electron chi connectivity index (χ4n) is 2.84. The first-order chi connectivity index (χ1) is 9.40. The average molecular weight is 276 g/mol. The summed E-state index contributed by atoms with van der Waals surface area (Å²) in [6.45, 7) is 3.46. The van der Waals surface area contributed by atoms with Gasteiger partial charge in [0.1, 0.15) is 5.82 Å². The largest absolute Gasteiger partial charge is 0.391 e. The van der Waals surface area contributed by atoms with E-state index in [0.717, 1.165) is 0 Å². The van der Waals surface area contributed by atoms with Crippen molar-refractivity contribution in [2.45, 2.75) is 38.5 Å². The highest BCUT2D eigenvalue weighted by molar-refractivity contribution is 5.52. The van der Waals surface area contributed by atoms with E-state index in [2.05, 4.69) is 6.07 Å². The van der Waals surface area contributed by atoms with Crippen molar-refractivity contribution < 1.29 is 14.3 Å². The van der Waals surface area contributed by atoms with Gasteiger partial charge in [0.25, 0.3) is 0 Å². The molecule has 4 nitrogen and oxygen atoms in total. The molecule has 2 rings (SSSR count). The van der Waals surface area contributed by atoms with Gasteiger partial charge in [0.05, 0.1) is 29.7 Å². The first-order valence-electron chi connectivity index (χ1n) is 6.48. The molecule has 20 heavy (non-hydrogen) atoms. The zero-order valence-corrected chi connectivity index (χ0v) is 11.5. The lowest BCUT2D eigenvalue weighted by Gasteiger charge is -2.33. The zero-order chi connectivity index (χ0) is 14.9. The number of halogens is 1. The molecule has 0 saturated carbocycles. The van der Waals surface area contributed by atoms with Crippen LogP contribution >= 0.6 is 0 Å². The van der Waals surface area contributed by atoms with Crippen LogP contribution in [-0.4, -0.2) is 28.6 Å². The number of likely N-dealkylation sites (tertiary alicyclic amines) is 1. The lowest BCUT2D eigenvalue weighted by Crippen LogP contribution is -2.40. The number of benzene rings is 1. The van der Waals surface area contributed by atoms with Crippen molar-refractivity contribution >= 4 is 6.41 Å². The summed E-state index contributed by atoms with van der Waals surface area (Å²) < 4.78 is 13.3. The molecule has 1 heterocycles. The third-order valence-corrected chi connectivity index (χ3v) is 3.94. The van der Waals surface area contributed by atoms with Crippen molar-refractivity contribution in [3.8, 4) is 6.07 Å². The lowest BCUT2D eigenvalue weighted by molar-refractivity contribution is -0.123. The average Bonchev–Trinajstić information content (AvgIpc) is 2.76. The number of carbonyl (C=O) groups is 1. The molecular formula is C15H17FN2O2. The number of rotatable bonds is 3. The van der Waals surface area contributed by atoms with E-state index in [1.807, 2.05) is 0 Å². The molecule has 1 saturated heterocycles. The second-order valence-corrected chi connectivity index (χ2v) is 5.70. The summed E-state index contributed by atoms with van der Waals surface area (Å²) in [6, 6.07) is 7.00. The quantitative estimate of drug-likeness (QED) is 0.859. The summed E-state index contributed by atoms with van der Waals surface area (Å²) in [5.41, 5.74) is -0.231. The van der Waals surface area contributed by atoms with E-state index in [-0.39, 0.29) is 0 Å². The minimum Gasteiger partial charge on any atom is -0.391 e. The van der Waals surface area contributed by atoms with Gasteiger partial charge in [-0.2, -0.15) is 5.26 Å². The number of hydrogen-bond acceptors (Lipinski definition) is 3. The predicted molar refractivity (Wildman–Crippen MR) is 70.8 cm³/mol. The van der Waals surface area contributed by atoms with Crippen LogP contribution in [-0.2, 0) is 4.79 Å². The molecule has 1 aromatic rings. The minimum absolute atomic E-state index is 0.306. The van der Waals surface area contributed by atoms with Crippen molar-refractivity contribution in [1.82, 2.24) is 4.90 Å². The van der Waals surface area contributed by atoms with Gasteiger partial charge >= 0.3 is 0 Å². The van der Waals surface area contributed by atoms with Crippen LogP contribution in [0.15, 0.2) is 24.3 Å². The summed E-state index contributed by atoms with van der Waals surface area (Å²) in [6.07, 6.45) is 0.135. The molecule has 1 aliphatic heterocycles. The minimum atomic E-state index is -0.806. The van der Waals surface area contributed by atoms with Crippen molar-refractivity contribution in [2.75, 3.05) is 0 Å². The molecule has 0 bridgehead atoms. The van der Waals surface area contributed by atoms with E-state index in [1.165, 1.54) is 17.0 Å². The maximum Gasteiger partial charge on any atom is 0.210 e. The molecule has 1 N–H and O–H groups in total. The molecule has 0 radical (unpaired) electrons. The smallest absolute Gasteiger partial charge is 0.210 e. The highest BCUT2D eigenvalue weighted by atomic mass is 19.1. The summed E-state index contributed by atoms with van der Waals surface area (Å²) >= 11 is 0. The molecule has 3 unspecified atom stereocenters. The summed E-state index contributed by atoms with van der Waals surface area (Å²) in [5, 5.41) is 19.5. The number of amides is 1. The molecule has 106 valence electrons. The Kier molecular flexibility index (Phi) is 3.78. The van der Waals surface area contributed by atoms with Gasteiger partial charge in [-0.15, -0.1) is 0 Å². The molecule has 0 aromatic heterocycles. The van der Waals surface area contributed by atoms with Crippen LogP contribution in [0.4, 0.5) is 4.39 Å². The molecule has 1 aliphatic rings. The van der Waals surface area contributed by atoms with Crippen molar-refractivity contribution in [3.63, 3.8) is 0 Å². The van der Waals surface area contributed by atoms with E-state index < -0.39 is 29.4 Å². The second kappa shape index (κ2) is 5.22. The SMILES string of the molecule is CC(C)(C#N)C1CC(O)C(c2cccc(F)c2)N1C=O. The molecule has 3 atom stereocenters. The number of aliphatic hydroxyl groups is 1. The molecule has 1 fully saturated rings. The van der Waals surface area contributed by atoms with Crippen molar-refractivity contribution in [3.05, 3.63) is 35.6 Å². The maximum absolute atomic E-state index is 13.3. The van der Waals surface area contributed by atoms with Gasteiger partial charge in [-0.05, 0) is 38.0 Å². The van der Waals surface area contributed by atoms with Crippen LogP contribution in [0.2, 0.25) is 0 Å². The van der Waals surface area contributed by atoms with Gasteiger partial charge in [-0.1, -0.05) is 12.1 Å². The Morgan fingerprint density at radius 2 is 2.25 bits per heavy atom. The van der Waals surface area contributed by atoms with Gasteiger partial charge in [-0.3, -0.25) is 4.79 Å². The predicted octanol–water partition coefficient (Wildman–Crippen LogP) is 2.01. The number of nitriles is 1. The number of aliphatic hydroxyl groups excluding tert-OH is 1. The first kappa shape index (κ1) is 14.5. The Bertz CT molecular complexity index is 553. The van der Waals surface area contributed by atoms with Gasteiger partial charge in [0.2, 0.25) is 6.41 Å². The van der Waals surface area contributed by atoms with Crippen LogP contribution in [0.5, 0.6) is 0 Å². The fraction of sp³-hybridized carbons (Fsp3) is 0.467. The molecule has 0 spiro atoms. The van der Waals surface area contributed by atoms with E-state index in [0.29, 0.717) is 18.4 Å². The second-order valence-electron chi connectivity index (χ2n) is 5.70. The van der Waals surface area contributed by atoms with Crippen LogP contribution in [0.3, 0.4) is 0 Å². The Balaban J connectivity index is 2.40. The highest BCUT2D eigenvalue weighted by Crippen LogP contribution is 2.42. The van der Waals surface area contributed by atoms with Gasteiger partial charge < -0.3 is 10.0 Å². The van der Waals surface area contributed by atoms with Gasteiger partial charge in [0, 0.05) is 0 Å². The maximum atomic E-state index is 13.3. The van der Waals surface area contributed by atoms with E-state index >= 15 is 0 Å². The number of nitrogens with zero attached hydrogens (tertiary/aromatic N) is 2. The fourth-order valence-corrected chi connectivity index (χ4v) is 2.84. The van der Waals surface area contributed by atoms with Crippen LogP contribution < -0.4 is 0 Å². The third-order valence-electron chi connectivity index (χ3n) is 3.94. The standard InChI is InChI=1S/C15H17FN2O2/c1-15(2,8-17)13-7-12(20)14(18(13)9-19)10-4-3-5-11(16)6-10/h3-6,9,12-14,20H,7H2,1-2H3. The Morgan fingerprint density at radius 1 is 1.55 bits per heavy atom. The monoisotopic (exact) mass is 276 g/mol. The van der Waals surface area contributed by atoms with Crippen molar-refractivity contribution in [2.24, 2.45) is 5.41 Å². The number of carbonyl (C=O) groups excluding carboxylic acids is 1. The lowest BCUT2D eigenvalue weighted by atomic mass is 9.84. The van der Waals surface area contributed by atoms with Gasteiger partial charge in [-0.25, -0.2) is 4.39 Å². The Morgan fingerprint density at radius 3 is 2.80 bits per heavy atom. The molecule has 5 heteroatoms. The highest BCUT2D eigenvalue weighted by Gasteiger charge is 2.47. The number of hydrogen-bond donors (Lipinski definition) is 1. The Hall–Kier alpha value is -1.93. The topological polar surface area (TPSA) is 64.3 Å². The summed E-state index contributed by atoms with van der Waals surface area (Å²) in [7, 11) is 0. The summed E-state index contributed by atoms with van der Waals surface area (Å²) in [4.78, 5) is 12.8. The van der Waals surface area contributed by atoms with Crippen LogP contribution in [0, 0.1) is 22.6 Å². The van der Waals surface area contributed by atoms with E-state index in [4.69, 9.17) is 0 Å². The summed E-state index contributed by atoms with van der Waals surface area (Å²) in [5.74, 6) is -0.413. The molecule has 1 amide bonds. The molecule has 1 aromatic carbocycles. The third kappa shape index (κ3) is 2.39. The van der Waals surface area contributed by atoms with E-state index in [1.54, 1.807) is 26.0 Å². The zero-order valence-electron chi connectivity index (χ0n) is 11.5. The van der Waals surface area contributed by atoms with Gasteiger partial charge in [0.15, 0.2) is 0 Å². The molecular weight excluding hydrogens is 259 g/mol. The van der Waals surface area contributed by atoms with Crippen molar-refractivity contribution in [1.29, 1.82) is 5.26 Å². The van der Waals surface area contributed by atoms with Crippen LogP contribution in [0.1, 0.15) is 31.9 Å².